The Balaban J connectivity index is 1.26. The van der Waals surface area contributed by atoms with Crippen molar-refractivity contribution < 1.29 is 0 Å². The number of aromatic amines is 1. The highest BCUT2D eigenvalue weighted by Crippen LogP contribution is 2.38. The van der Waals surface area contributed by atoms with Crippen molar-refractivity contribution in [2.24, 2.45) is 0 Å². The summed E-state index contributed by atoms with van der Waals surface area (Å²) in [5.74, 6) is 0. The highest BCUT2D eigenvalue weighted by Gasteiger charge is 2.14. The number of H-pyrrole nitrogens is 1. The van der Waals surface area contributed by atoms with E-state index in [2.05, 4.69) is 162 Å². The molecule has 7 rings (SSSR count). The average Bonchev–Trinajstić information content (AvgIpc) is 3.37. The van der Waals surface area contributed by atoms with E-state index in [1.165, 1.54) is 33.0 Å². The standard InChI is InChI=1S/C36H26N2/c1-3-9-26(10-4-1)27-15-17-28(18-16-27)29-19-21-31(22-20-29)38(30-11-5-2-6-12-30)32-23-24-34-33-13-7-8-14-35(33)37-36(34)25-32/h1-25,37H. The van der Waals surface area contributed by atoms with Crippen LogP contribution >= 0.6 is 0 Å². The number of rotatable bonds is 5. The zero-order chi connectivity index (χ0) is 25.3. The van der Waals surface area contributed by atoms with Crippen LogP contribution in [0.15, 0.2) is 152 Å². The Labute approximate surface area is 222 Å². The molecular weight excluding hydrogens is 460 g/mol. The van der Waals surface area contributed by atoms with Gasteiger partial charge in [-0.2, -0.15) is 0 Å². The lowest BCUT2D eigenvalue weighted by atomic mass is 10.00. The first-order chi connectivity index (χ1) is 18.8. The van der Waals surface area contributed by atoms with Gasteiger partial charge in [-0.15, -0.1) is 0 Å². The van der Waals surface area contributed by atoms with Gasteiger partial charge in [-0.3, -0.25) is 0 Å². The quantitative estimate of drug-likeness (QED) is 0.256. The van der Waals surface area contributed by atoms with Gasteiger partial charge < -0.3 is 9.88 Å². The number of hydrogen-bond donors (Lipinski definition) is 1. The van der Waals surface area contributed by atoms with Gasteiger partial charge in [0.15, 0.2) is 0 Å². The fraction of sp³-hybridized carbons (Fsp3) is 0. The SMILES string of the molecule is c1ccc(-c2ccc(-c3ccc(N(c4ccccc4)c4ccc5c(c4)[nH]c4ccccc45)cc3)cc2)cc1. The number of hydrogen-bond acceptors (Lipinski definition) is 1. The second-order valence-electron chi connectivity index (χ2n) is 9.56. The number of benzene rings is 6. The van der Waals surface area contributed by atoms with E-state index in [0.29, 0.717) is 0 Å². The van der Waals surface area contributed by atoms with Crippen LogP contribution in [-0.4, -0.2) is 4.98 Å². The van der Waals surface area contributed by atoms with Crippen molar-refractivity contribution in [3.05, 3.63) is 152 Å². The number of nitrogens with zero attached hydrogens (tertiary/aromatic N) is 1. The number of anilines is 3. The van der Waals surface area contributed by atoms with E-state index in [0.717, 1.165) is 28.1 Å². The molecule has 0 aliphatic rings. The number of aromatic nitrogens is 1. The normalized spacial score (nSPS) is 11.2. The maximum absolute atomic E-state index is 3.60. The minimum Gasteiger partial charge on any atom is -0.354 e. The Bertz CT molecular complexity index is 1830. The largest absolute Gasteiger partial charge is 0.354 e. The fourth-order valence-electron chi connectivity index (χ4n) is 5.29. The maximum atomic E-state index is 3.60. The molecule has 1 heterocycles. The maximum Gasteiger partial charge on any atom is 0.0485 e. The fourth-order valence-corrected chi connectivity index (χ4v) is 5.29. The summed E-state index contributed by atoms with van der Waals surface area (Å²) in [6, 6.07) is 53.9. The third-order valence-corrected chi connectivity index (χ3v) is 7.21. The zero-order valence-corrected chi connectivity index (χ0v) is 20.9. The number of nitrogens with one attached hydrogen (secondary N) is 1. The lowest BCUT2D eigenvalue weighted by molar-refractivity contribution is 1.29. The third kappa shape index (κ3) is 4.03. The molecule has 0 bridgehead atoms. The Morgan fingerprint density at radius 2 is 0.816 bits per heavy atom. The van der Waals surface area contributed by atoms with Crippen LogP contribution in [0.5, 0.6) is 0 Å². The Kier molecular flexibility index (Phi) is 5.49. The summed E-state index contributed by atoms with van der Waals surface area (Å²) in [7, 11) is 0. The molecule has 0 fully saturated rings. The average molecular weight is 487 g/mol. The van der Waals surface area contributed by atoms with Gasteiger partial charge in [-0.1, -0.05) is 109 Å². The summed E-state index contributed by atoms with van der Waals surface area (Å²) >= 11 is 0. The summed E-state index contributed by atoms with van der Waals surface area (Å²) in [5.41, 5.74) is 10.5. The van der Waals surface area contributed by atoms with Crippen LogP contribution in [0.25, 0.3) is 44.1 Å². The Morgan fingerprint density at radius 1 is 0.342 bits per heavy atom. The van der Waals surface area contributed by atoms with E-state index in [4.69, 9.17) is 0 Å². The van der Waals surface area contributed by atoms with Crippen LogP contribution in [0, 0.1) is 0 Å². The van der Waals surface area contributed by atoms with Crippen molar-refractivity contribution in [1.82, 2.24) is 4.98 Å². The number of para-hydroxylation sites is 2. The van der Waals surface area contributed by atoms with Gasteiger partial charge >= 0.3 is 0 Å². The third-order valence-electron chi connectivity index (χ3n) is 7.21. The van der Waals surface area contributed by atoms with E-state index >= 15 is 0 Å². The van der Waals surface area contributed by atoms with Crippen LogP contribution in [0.1, 0.15) is 0 Å². The second-order valence-corrected chi connectivity index (χ2v) is 9.56. The molecule has 0 unspecified atom stereocenters. The molecule has 2 heteroatoms. The molecule has 6 aromatic carbocycles. The van der Waals surface area contributed by atoms with Crippen LogP contribution in [0.2, 0.25) is 0 Å². The predicted octanol–water partition coefficient (Wildman–Crippen LogP) is 10.1. The van der Waals surface area contributed by atoms with Crippen LogP contribution in [-0.2, 0) is 0 Å². The smallest absolute Gasteiger partial charge is 0.0485 e. The van der Waals surface area contributed by atoms with Crippen molar-refractivity contribution in [2.75, 3.05) is 4.90 Å². The molecule has 0 radical (unpaired) electrons. The van der Waals surface area contributed by atoms with Gasteiger partial charge in [-0.05, 0) is 64.7 Å². The van der Waals surface area contributed by atoms with Crippen LogP contribution < -0.4 is 4.90 Å². The van der Waals surface area contributed by atoms with Gasteiger partial charge in [-0.25, -0.2) is 0 Å². The molecule has 1 N–H and O–H groups in total. The lowest BCUT2D eigenvalue weighted by Crippen LogP contribution is -2.09. The van der Waals surface area contributed by atoms with Gasteiger partial charge in [0.2, 0.25) is 0 Å². The lowest BCUT2D eigenvalue weighted by Gasteiger charge is -2.25. The van der Waals surface area contributed by atoms with Gasteiger partial charge in [0, 0.05) is 38.9 Å². The minimum absolute atomic E-state index is 1.12. The molecule has 0 amide bonds. The summed E-state index contributed by atoms with van der Waals surface area (Å²) < 4.78 is 0. The van der Waals surface area contributed by atoms with Crippen molar-refractivity contribution in [1.29, 1.82) is 0 Å². The van der Waals surface area contributed by atoms with Gasteiger partial charge in [0.25, 0.3) is 0 Å². The number of fused-ring (bicyclic) bond motifs is 3. The molecule has 0 aliphatic heterocycles. The molecular formula is C36H26N2. The first-order valence-corrected chi connectivity index (χ1v) is 13.0. The predicted molar refractivity (Wildman–Crippen MR) is 161 cm³/mol. The van der Waals surface area contributed by atoms with E-state index in [1.807, 2.05) is 0 Å². The van der Waals surface area contributed by atoms with E-state index in [1.54, 1.807) is 0 Å². The molecule has 2 nitrogen and oxygen atoms in total. The molecule has 0 saturated heterocycles. The molecule has 180 valence electrons. The van der Waals surface area contributed by atoms with Crippen molar-refractivity contribution in [3.63, 3.8) is 0 Å². The van der Waals surface area contributed by atoms with Crippen molar-refractivity contribution >= 4 is 38.9 Å². The summed E-state index contributed by atoms with van der Waals surface area (Å²) in [6.07, 6.45) is 0. The van der Waals surface area contributed by atoms with Crippen LogP contribution in [0.3, 0.4) is 0 Å². The minimum atomic E-state index is 1.12. The Hall–Kier alpha value is -5.08. The van der Waals surface area contributed by atoms with E-state index < -0.39 is 0 Å². The topological polar surface area (TPSA) is 19.0 Å². The summed E-state index contributed by atoms with van der Waals surface area (Å²) in [4.78, 5) is 5.91. The zero-order valence-electron chi connectivity index (χ0n) is 20.9. The summed E-state index contributed by atoms with van der Waals surface area (Å²) in [6.45, 7) is 0. The van der Waals surface area contributed by atoms with Gasteiger partial charge in [0.1, 0.15) is 0 Å². The van der Waals surface area contributed by atoms with Crippen LogP contribution in [0.4, 0.5) is 17.1 Å². The summed E-state index contributed by atoms with van der Waals surface area (Å²) in [5, 5.41) is 2.50. The van der Waals surface area contributed by atoms with Crippen molar-refractivity contribution in [3.8, 4) is 22.3 Å². The van der Waals surface area contributed by atoms with Crippen molar-refractivity contribution in [2.45, 2.75) is 0 Å². The molecule has 1 aromatic heterocycles. The first-order valence-electron chi connectivity index (χ1n) is 13.0. The first kappa shape index (κ1) is 22.1. The monoisotopic (exact) mass is 486 g/mol. The molecule has 0 saturated carbocycles. The molecule has 0 spiro atoms. The molecule has 0 atom stereocenters. The highest BCUT2D eigenvalue weighted by atomic mass is 15.1. The van der Waals surface area contributed by atoms with E-state index in [9.17, 15) is 0 Å². The Morgan fingerprint density at radius 3 is 1.50 bits per heavy atom. The molecule has 0 aliphatic carbocycles. The second kappa shape index (κ2) is 9.42. The van der Waals surface area contributed by atoms with E-state index in [-0.39, 0.29) is 0 Å². The molecule has 38 heavy (non-hydrogen) atoms. The van der Waals surface area contributed by atoms with Gasteiger partial charge in [0.05, 0.1) is 0 Å². The molecule has 7 aromatic rings. The highest BCUT2D eigenvalue weighted by molar-refractivity contribution is 6.08.